The molecule has 9 heteroatoms. The third-order valence-corrected chi connectivity index (χ3v) is 6.81. The number of rotatable bonds is 6. The highest BCUT2D eigenvalue weighted by Gasteiger charge is 2.33. The fourth-order valence-electron chi connectivity index (χ4n) is 3.28. The van der Waals surface area contributed by atoms with Crippen molar-refractivity contribution in [3.05, 3.63) is 93.1 Å². The third-order valence-electron chi connectivity index (χ3n) is 4.78. The summed E-state index contributed by atoms with van der Waals surface area (Å²) in [6.45, 7) is 0.325. The van der Waals surface area contributed by atoms with Gasteiger partial charge in [-0.05, 0) is 42.7 Å². The van der Waals surface area contributed by atoms with Crippen LogP contribution in [0.25, 0.3) is 6.08 Å². The third kappa shape index (κ3) is 4.43. The van der Waals surface area contributed by atoms with E-state index in [0.717, 1.165) is 16.3 Å². The molecular weight excluding hydrogens is 450 g/mol. The average Bonchev–Trinajstić information content (AvgIpc) is 3.31. The van der Waals surface area contributed by atoms with Crippen molar-refractivity contribution in [3.63, 3.8) is 0 Å². The van der Waals surface area contributed by atoms with E-state index in [1.54, 1.807) is 40.9 Å². The second-order valence-corrected chi connectivity index (χ2v) is 9.22. The quantitative estimate of drug-likeness (QED) is 0.155. The van der Waals surface area contributed by atoms with Crippen molar-refractivity contribution in [3.8, 4) is 0 Å². The number of anilines is 1. The first kappa shape index (κ1) is 21.4. The van der Waals surface area contributed by atoms with Crippen LogP contribution in [0, 0.1) is 10.1 Å². The molecular formula is C22H17N3O3S3. The second kappa shape index (κ2) is 9.09. The van der Waals surface area contributed by atoms with Gasteiger partial charge in [-0.15, -0.1) is 11.8 Å². The number of hydrogen-bond acceptors (Lipinski definition) is 6. The van der Waals surface area contributed by atoms with Gasteiger partial charge in [0.1, 0.15) is 0 Å². The molecule has 0 aliphatic carbocycles. The van der Waals surface area contributed by atoms with Gasteiger partial charge in [0.15, 0.2) is 4.32 Å². The van der Waals surface area contributed by atoms with Crippen molar-refractivity contribution in [1.82, 2.24) is 4.57 Å². The Balaban J connectivity index is 1.62. The number of thiocarbonyl (C=S) groups is 1. The largest absolute Gasteiger partial charge is 0.343 e. The van der Waals surface area contributed by atoms with Gasteiger partial charge in [-0.1, -0.05) is 48.2 Å². The normalized spacial score (nSPS) is 15.1. The zero-order chi connectivity index (χ0) is 22.0. The maximum absolute atomic E-state index is 13.1. The maximum atomic E-state index is 13.1. The molecule has 0 radical (unpaired) electrons. The second-order valence-electron chi connectivity index (χ2n) is 6.67. The van der Waals surface area contributed by atoms with Gasteiger partial charge in [-0.25, -0.2) is 0 Å². The Morgan fingerprint density at radius 1 is 1.16 bits per heavy atom. The number of amides is 1. The van der Waals surface area contributed by atoms with Crippen LogP contribution in [0.2, 0.25) is 0 Å². The Labute approximate surface area is 193 Å². The van der Waals surface area contributed by atoms with Crippen molar-refractivity contribution in [2.24, 2.45) is 0 Å². The molecule has 6 nitrogen and oxygen atoms in total. The SMILES string of the molecule is CSc1cccc(N2C(=O)/C(=C\c3cccn3Cc3ccccc3[N+](=O)[O-])SC2=S)c1. The van der Waals surface area contributed by atoms with Gasteiger partial charge in [0.05, 0.1) is 22.1 Å². The molecule has 156 valence electrons. The predicted molar refractivity (Wildman–Crippen MR) is 131 cm³/mol. The molecule has 31 heavy (non-hydrogen) atoms. The monoisotopic (exact) mass is 467 g/mol. The Morgan fingerprint density at radius 2 is 1.97 bits per heavy atom. The Morgan fingerprint density at radius 3 is 2.74 bits per heavy atom. The molecule has 0 unspecified atom stereocenters. The minimum absolute atomic E-state index is 0.0714. The van der Waals surface area contributed by atoms with E-state index in [1.165, 1.54) is 17.8 Å². The molecule has 3 aromatic rings. The highest BCUT2D eigenvalue weighted by molar-refractivity contribution is 8.27. The molecule has 1 aliphatic rings. The molecule has 0 atom stereocenters. The van der Waals surface area contributed by atoms with Gasteiger partial charge in [-0.2, -0.15) is 0 Å². The minimum atomic E-state index is -0.383. The van der Waals surface area contributed by atoms with E-state index in [0.29, 0.717) is 21.3 Å². The van der Waals surface area contributed by atoms with E-state index in [4.69, 9.17) is 12.2 Å². The molecule has 2 heterocycles. The molecule has 4 rings (SSSR count). The summed E-state index contributed by atoms with van der Waals surface area (Å²) in [6, 6.07) is 18.1. The summed E-state index contributed by atoms with van der Waals surface area (Å²) in [7, 11) is 0. The number of para-hydroxylation sites is 1. The lowest BCUT2D eigenvalue weighted by Gasteiger charge is -2.15. The van der Waals surface area contributed by atoms with Gasteiger partial charge in [0.2, 0.25) is 0 Å². The van der Waals surface area contributed by atoms with Crippen LogP contribution >= 0.6 is 35.7 Å². The molecule has 1 amide bonds. The van der Waals surface area contributed by atoms with Crippen LogP contribution < -0.4 is 4.90 Å². The highest BCUT2D eigenvalue weighted by Crippen LogP contribution is 2.37. The molecule has 1 aromatic heterocycles. The molecule has 0 bridgehead atoms. The average molecular weight is 468 g/mol. The van der Waals surface area contributed by atoms with E-state index < -0.39 is 0 Å². The first-order chi connectivity index (χ1) is 15.0. The Hall–Kier alpha value is -2.88. The number of benzene rings is 2. The summed E-state index contributed by atoms with van der Waals surface area (Å²) >= 11 is 8.33. The Kier molecular flexibility index (Phi) is 6.26. The number of carbonyl (C=O) groups excluding carboxylic acids is 1. The van der Waals surface area contributed by atoms with Gasteiger partial charge in [0, 0.05) is 28.4 Å². The van der Waals surface area contributed by atoms with Crippen LogP contribution in [-0.4, -0.2) is 26.0 Å². The van der Waals surface area contributed by atoms with Crippen molar-refractivity contribution < 1.29 is 9.72 Å². The van der Waals surface area contributed by atoms with Gasteiger partial charge >= 0.3 is 0 Å². The van der Waals surface area contributed by atoms with Gasteiger partial charge in [-0.3, -0.25) is 19.8 Å². The van der Waals surface area contributed by atoms with Crippen LogP contribution in [0.15, 0.2) is 76.7 Å². The lowest BCUT2D eigenvalue weighted by atomic mass is 10.2. The smallest absolute Gasteiger partial charge is 0.274 e. The molecule has 0 saturated carbocycles. The molecule has 1 fully saturated rings. The first-order valence-corrected chi connectivity index (χ1v) is 11.7. The van der Waals surface area contributed by atoms with Crippen molar-refractivity contribution in [2.75, 3.05) is 11.2 Å². The van der Waals surface area contributed by atoms with Crippen LogP contribution in [-0.2, 0) is 11.3 Å². The summed E-state index contributed by atoms with van der Waals surface area (Å²) in [5.74, 6) is -0.174. The molecule has 1 aliphatic heterocycles. The van der Waals surface area contributed by atoms with Crippen LogP contribution in [0.4, 0.5) is 11.4 Å². The fourth-order valence-corrected chi connectivity index (χ4v) is 5.02. The van der Waals surface area contributed by atoms with Crippen LogP contribution in [0.1, 0.15) is 11.3 Å². The lowest BCUT2D eigenvalue weighted by Crippen LogP contribution is -2.27. The number of aromatic nitrogens is 1. The van der Waals surface area contributed by atoms with Crippen molar-refractivity contribution >= 4 is 63.4 Å². The Bertz CT molecular complexity index is 1220. The van der Waals surface area contributed by atoms with Crippen molar-refractivity contribution in [1.29, 1.82) is 0 Å². The van der Waals surface area contributed by atoms with Crippen molar-refractivity contribution in [2.45, 2.75) is 11.4 Å². The number of hydrogen-bond donors (Lipinski definition) is 0. The molecule has 2 aromatic carbocycles. The van der Waals surface area contributed by atoms with Gasteiger partial charge < -0.3 is 4.57 Å². The molecule has 0 N–H and O–H groups in total. The number of nitrogens with zero attached hydrogens (tertiary/aromatic N) is 3. The highest BCUT2D eigenvalue weighted by atomic mass is 32.2. The fraction of sp³-hybridized carbons (Fsp3) is 0.0909. The van der Waals surface area contributed by atoms with Gasteiger partial charge in [0.25, 0.3) is 11.6 Å². The zero-order valence-electron chi connectivity index (χ0n) is 16.4. The van der Waals surface area contributed by atoms with E-state index in [1.807, 2.05) is 53.4 Å². The molecule has 1 saturated heterocycles. The van der Waals surface area contributed by atoms with Crippen LogP contribution in [0.3, 0.4) is 0 Å². The van der Waals surface area contributed by atoms with E-state index in [2.05, 4.69) is 0 Å². The summed E-state index contributed by atoms with van der Waals surface area (Å²) in [4.78, 5) is 27.1. The number of nitro benzene ring substituents is 1. The number of nitro groups is 1. The van der Waals surface area contributed by atoms with E-state index in [9.17, 15) is 14.9 Å². The molecule has 0 spiro atoms. The maximum Gasteiger partial charge on any atom is 0.274 e. The summed E-state index contributed by atoms with van der Waals surface area (Å²) in [5.41, 5.74) is 2.19. The minimum Gasteiger partial charge on any atom is -0.343 e. The number of carbonyl (C=O) groups is 1. The summed E-state index contributed by atoms with van der Waals surface area (Å²) in [5, 5.41) is 11.3. The summed E-state index contributed by atoms with van der Waals surface area (Å²) < 4.78 is 2.36. The lowest BCUT2D eigenvalue weighted by molar-refractivity contribution is -0.385. The zero-order valence-corrected chi connectivity index (χ0v) is 18.9. The van der Waals surface area contributed by atoms with E-state index in [-0.39, 0.29) is 16.5 Å². The standard InChI is InChI=1S/C22H17N3O3S3/c1-30-18-9-4-7-17(12-18)24-21(26)20(31-22(24)29)13-16-8-5-11-23(16)14-15-6-2-3-10-19(15)25(27)28/h2-13H,14H2,1H3/b20-13+. The predicted octanol–water partition coefficient (Wildman–Crippen LogP) is 5.57. The van der Waals surface area contributed by atoms with E-state index >= 15 is 0 Å². The van der Waals surface area contributed by atoms with Crippen LogP contribution in [0.5, 0.6) is 0 Å². The number of thioether (sulfide) groups is 2. The summed E-state index contributed by atoms with van der Waals surface area (Å²) in [6.07, 6.45) is 5.60. The topological polar surface area (TPSA) is 68.4 Å². The first-order valence-electron chi connectivity index (χ1n) is 9.27.